The van der Waals surface area contributed by atoms with Crippen LogP contribution < -0.4 is 5.32 Å². The number of rotatable bonds is 5. The number of likely N-dealkylation sites (tertiary alicyclic amines) is 1. The van der Waals surface area contributed by atoms with E-state index in [1.165, 1.54) is 0 Å². The van der Waals surface area contributed by atoms with Crippen molar-refractivity contribution < 1.29 is 9.32 Å². The number of carbonyl (C=O) groups excluding carboxylic acids is 1. The highest BCUT2D eigenvalue weighted by Crippen LogP contribution is 2.19. The summed E-state index contributed by atoms with van der Waals surface area (Å²) in [6.45, 7) is 4.62. The van der Waals surface area contributed by atoms with E-state index in [-0.39, 0.29) is 18.4 Å². The van der Waals surface area contributed by atoms with Gasteiger partial charge in [0.25, 0.3) is 0 Å². The quantitative estimate of drug-likeness (QED) is 0.903. The summed E-state index contributed by atoms with van der Waals surface area (Å²) in [6.07, 6.45) is 2.15. The first-order chi connectivity index (χ1) is 11.6. The first-order valence-corrected chi connectivity index (χ1v) is 8.65. The van der Waals surface area contributed by atoms with Crippen molar-refractivity contribution in [2.45, 2.75) is 38.8 Å². The Morgan fingerprint density at radius 2 is 2.12 bits per heavy atom. The molecule has 1 N–H and O–H groups in total. The summed E-state index contributed by atoms with van der Waals surface area (Å²) in [6, 6.07) is 9.98. The van der Waals surface area contributed by atoms with Crippen LogP contribution in [-0.4, -0.2) is 35.1 Å². The lowest BCUT2D eigenvalue weighted by atomic mass is 10.0. The van der Waals surface area contributed by atoms with E-state index in [1.54, 1.807) is 6.07 Å². The first-order valence-electron chi connectivity index (χ1n) is 8.27. The molecular weight excluding hydrogens is 326 g/mol. The largest absolute Gasteiger partial charge is 0.361 e. The highest BCUT2D eigenvalue weighted by Gasteiger charge is 2.21. The molecule has 1 aromatic heterocycles. The number of nitrogens with one attached hydrogen (secondary N) is 1. The molecular formula is C18H22ClN3O2. The summed E-state index contributed by atoms with van der Waals surface area (Å²) in [5.41, 5.74) is 1.95. The molecule has 2 aromatic rings. The average Bonchev–Trinajstić information content (AvgIpc) is 2.96. The lowest BCUT2D eigenvalue weighted by molar-refractivity contribution is -0.121. The molecule has 24 heavy (non-hydrogen) atoms. The van der Waals surface area contributed by atoms with Crippen molar-refractivity contribution in [3.8, 4) is 0 Å². The van der Waals surface area contributed by atoms with Crippen molar-refractivity contribution >= 4 is 17.5 Å². The molecule has 128 valence electrons. The van der Waals surface area contributed by atoms with Crippen LogP contribution in [0.25, 0.3) is 0 Å². The number of amides is 1. The minimum atomic E-state index is -0.00398. The van der Waals surface area contributed by atoms with Crippen LogP contribution in [0.5, 0.6) is 0 Å². The third-order valence-electron chi connectivity index (χ3n) is 4.32. The number of piperidine rings is 1. The van der Waals surface area contributed by atoms with Gasteiger partial charge in [0.15, 0.2) is 0 Å². The highest BCUT2D eigenvalue weighted by atomic mass is 35.5. The minimum Gasteiger partial charge on any atom is -0.361 e. The fraction of sp³-hybridized carbons (Fsp3) is 0.444. The summed E-state index contributed by atoms with van der Waals surface area (Å²) in [5, 5.41) is 7.71. The van der Waals surface area contributed by atoms with Gasteiger partial charge in [-0.1, -0.05) is 35.0 Å². The van der Waals surface area contributed by atoms with Crippen LogP contribution in [0.15, 0.2) is 34.9 Å². The van der Waals surface area contributed by atoms with Crippen molar-refractivity contribution in [1.29, 1.82) is 0 Å². The molecule has 1 fully saturated rings. The molecule has 0 unspecified atom stereocenters. The second-order valence-corrected chi connectivity index (χ2v) is 6.73. The summed E-state index contributed by atoms with van der Waals surface area (Å²) >= 11 is 6.22. The number of hydrogen-bond acceptors (Lipinski definition) is 4. The van der Waals surface area contributed by atoms with Gasteiger partial charge in [-0.15, -0.1) is 0 Å². The molecule has 0 atom stereocenters. The molecule has 0 spiro atoms. The molecule has 1 amide bonds. The molecule has 0 aliphatic carbocycles. The van der Waals surface area contributed by atoms with Crippen LogP contribution >= 0.6 is 11.6 Å². The van der Waals surface area contributed by atoms with Gasteiger partial charge in [-0.25, -0.2) is 0 Å². The zero-order chi connectivity index (χ0) is 16.9. The fourth-order valence-corrected chi connectivity index (χ4v) is 3.23. The Kier molecular flexibility index (Phi) is 5.53. The number of aromatic nitrogens is 1. The Morgan fingerprint density at radius 1 is 1.38 bits per heavy atom. The standard InChI is InChI=1S/C18H22ClN3O2/c1-13-10-16(24-21-13)11-18(23)20-15-6-8-22(9-7-15)12-14-4-2-3-5-17(14)19/h2-5,10,15H,6-9,11-12H2,1H3,(H,20,23). The molecule has 6 heteroatoms. The van der Waals surface area contributed by atoms with Gasteiger partial charge in [-0.05, 0) is 31.4 Å². The van der Waals surface area contributed by atoms with Crippen molar-refractivity contribution in [3.63, 3.8) is 0 Å². The number of nitrogens with zero attached hydrogens (tertiary/aromatic N) is 2. The van der Waals surface area contributed by atoms with Crippen molar-refractivity contribution in [1.82, 2.24) is 15.4 Å². The van der Waals surface area contributed by atoms with Gasteiger partial charge in [0.2, 0.25) is 5.91 Å². The van der Waals surface area contributed by atoms with E-state index in [0.717, 1.165) is 48.8 Å². The Balaban J connectivity index is 1.43. The molecule has 2 heterocycles. The molecule has 1 aliphatic rings. The second kappa shape index (κ2) is 7.81. The predicted molar refractivity (Wildman–Crippen MR) is 92.8 cm³/mol. The third kappa shape index (κ3) is 4.58. The molecule has 0 radical (unpaired) electrons. The van der Waals surface area contributed by atoms with E-state index >= 15 is 0 Å². The van der Waals surface area contributed by atoms with Crippen LogP contribution in [0.2, 0.25) is 5.02 Å². The van der Waals surface area contributed by atoms with Gasteiger partial charge >= 0.3 is 0 Å². The summed E-state index contributed by atoms with van der Waals surface area (Å²) in [7, 11) is 0. The van der Waals surface area contributed by atoms with Crippen LogP contribution in [0, 0.1) is 6.92 Å². The number of benzene rings is 1. The van der Waals surface area contributed by atoms with Crippen molar-refractivity contribution in [2.24, 2.45) is 0 Å². The predicted octanol–water partition coefficient (Wildman–Crippen LogP) is 2.96. The van der Waals surface area contributed by atoms with Crippen LogP contribution in [0.4, 0.5) is 0 Å². The zero-order valence-corrected chi connectivity index (χ0v) is 14.6. The maximum absolute atomic E-state index is 12.1. The molecule has 5 nitrogen and oxygen atoms in total. The number of carbonyl (C=O) groups is 1. The van der Waals surface area contributed by atoms with E-state index in [1.807, 2.05) is 25.1 Å². The molecule has 1 aliphatic heterocycles. The Morgan fingerprint density at radius 3 is 2.79 bits per heavy atom. The van der Waals surface area contributed by atoms with Gasteiger partial charge in [0, 0.05) is 36.8 Å². The summed E-state index contributed by atoms with van der Waals surface area (Å²) in [5.74, 6) is 0.608. The van der Waals surface area contributed by atoms with E-state index in [2.05, 4.69) is 21.4 Å². The van der Waals surface area contributed by atoms with Gasteiger partial charge in [-0.2, -0.15) is 0 Å². The monoisotopic (exact) mass is 347 g/mol. The summed E-state index contributed by atoms with van der Waals surface area (Å²) < 4.78 is 5.09. The van der Waals surface area contributed by atoms with Crippen LogP contribution in [-0.2, 0) is 17.8 Å². The summed E-state index contributed by atoms with van der Waals surface area (Å²) in [4.78, 5) is 14.5. The average molecular weight is 348 g/mol. The molecule has 1 aromatic carbocycles. The lowest BCUT2D eigenvalue weighted by Gasteiger charge is -2.32. The van der Waals surface area contributed by atoms with Crippen molar-refractivity contribution in [3.05, 3.63) is 52.4 Å². The maximum atomic E-state index is 12.1. The van der Waals surface area contributed by atoms with E-state index in [9.17, 15) is 4.79 Å². The number of halogens is 1. The van der Waals surface area contributed by atoms with Crippen molar-refractivity contribution in [2.75, 3.05) is 13.1 Å². The van der Waals surface area contributed by atoms with Gasteiger partial charge in [0.1, 0.15) is 5.76 Å². The van der Waals surface area contributed by atoms with Crippen LogP contribution in [0.1, 0.15) is 29.9 Å². The molecule has 0 saturated carbocycles. The number of aryl methyl sites for hydroxylation is 1. The smallest absolute Gasteiger partial charge is 0.227 e. The first kappa shape index (κ1) is 17.0. The normalized spacial score (nSPS) is 16.2. The topological polar surface area (TPSA) is 58.4 Å². The lowest BCUT2D eigenvalue weighted by Crippen LogP contribution is -2.44. The van der Waals surface area contributed by atoms with E-state index in [0.29, 0.717) is 5.76 Å². The third-order valence-corrected chi connectivity index (χ3v) is 4.68. The molecule has 0 bridgehead atoms. The Labute approximate surface area is 147 Å². The van der Waals surface area contributed by atoms with Gasteiger partial charge in [0.05, 0.1) is 12.1 Å². The minimum absolute atomic E-state index is 0.00398. The van der Waals surface area contributed by atoms with E-state index < -0.39 is 0 Å². The second-order valence-electron chi connectivity index (χ2n) is 6.32. The molecule has 1 saturated heterocycles. The van der Waals surface area contributed by atoms with Gasteiger partial charge < -0.3 is 9.84 Å². The fourth-order valence-electron chi connectivity index (χ4n) is 3.04. The highest BCUT2D eigenvalue weighted by molar-refractivity contribution is 6.31. The maximum Gasteiger partial charge on any atom is 0.227 e. The zero-order valence-electron chi connectivity index (χ0n) is 13.8. The Hall–Kier alpha value is -1.85. The Bertz CT molecular complexity index is 693. The van der Waals surface area contributed by atoms with Crippen LogP contribution in [0.3, 0.4) is 0 Å². The number of hydrogen-bond donors (Lipinski definition) is 1. The SMILES string of the molecule is Cc1cc(CC(=O)NC2CCN(Cc3ccccc3Cl)CC2)on1. The van der Waals surface area contributed by atoms with E-state index in [4.69, 9.17) is 16.1 Å². The van der Waals surface area contributed by atoms with Gasteiger partial charge in [-0.3, -0.25) is 9.69 Å². The molecule has 3 rings (SSSR count).